The summed E-state index contributed by atoms with van der Waals surface area (Å²) in [6, 6.07) is 12.3. The van der Waals surface area contributed by atoms with Crippen LogP contribution in [0.1, 0.15) is 54.1 Å². The van der Waals surface area contributed by atoms with Gasteiger partial charge in [-0.25, -0.2) is 4.68 Å². The number of H-pyrrole nitrogens is 1. The highest BCUT2D eigenvalue weighted by Gasteiger charge is 2.28. The average Bonchev–Trinajstić information content (AvgIpc) is 3.60. The number of aryl methyl sites for hydroxylation is 1. The summed E-state index contributed by atoms with van der Waals surface area (Å²) in [5.41, 5.74) is 2.71. The van der Waals surface area contributed by atoms with Crippen molar-refractivity contribution >= 4 is 22.2 Å². The Hall–Kier alpha value is -2.88. The number of ether oxygens (including phenoxy) is 1. The van der Waals surface area contributed by atoms with Gasteiger partial charge in [0.25, 0.3) is 5.56 Å². The number of hydrogen-bond acceptors (Lipinski definition) is 7. The molecule has 5 rings (SSSR count). The molecule has 1 aliphatic rings. The van der Waals surface area contributed by atoms with Gasteiger partial charge in [0.05, 0.1) is 18.7 Å². The number of aromatic nitrogens is 5. The lowest BCUT2D eigenvalue weighted by molar-refractivity contribution is 0.0889. The van der Waals surface area contributed by atoms with Crippen LogP contribution in [0.25, 0.3) is 10.9 Å². The van der Waals surface area contributed by atoms with Gasteiger partial charge in [-0.3, -0.25) is 9.69 Å². The number of thiophene rings is 1. The molecule has 0 spiro atoms. The molecule has 3 aromatic heterocycles. The molecule has 1 fully saturated rings. The number of rotatable bonds is 9. The van der Waals surface area contributed by atoms with Gasteiger partial charge in [-0.05, 0) is 71.6 Å². The molecule has 178 valence electrons. The van der Waals surface area contributed by atoms with Crippen molar-refractivity contribution < 1.29 is 4.74 Å². The van der Waals surface area contributed by atoms with Crippen molar-refractivity contribution in [2.75, 3.05) is 6.61 Å². The fourth-order valence-corrected chi connectivity index (χ4v) is 5.48. The Bertz CT molecular complexity index is 1290. The second-order valence-electron chi connectivity index (χ2n) is 8.98. The second-order valence-corrected chi connectivity index (χ2v) is 10.0. The fraction of sp³-hybridized carbons (Fsp3) is 0.440. The normalized spacial score (nSPS) is 17.1. The van der Waals surface area contributed by atoms with E-state index in [1.807, 2.05) is 22.9 Å². The van der Waals surface area contributed by atoms with E-state index in [0.717, 1.165) is 48.2 Å². The first-order valence-electron chi connectivity index (χ1n) is 11.9. The molecule has 2 atom stereocenters. The summed E-state index contributed by atoms with van der Waals surface area (Å²) in [6.45, 7) is 6.88. The molecule has 0 bridgehead atoms. The van der Waals surface area contributed by atoms with Gasteiger partial charge in [-0.15, -0.1) is 16.4 Å². The van der Waals surface area contributed by atoms with Crippen LogP contribution in [0.2, 0.25) is 0 Å². The number of pyridine rings is 1. The van der Waals surface area contributed by atoms with Gasteiger partial charge in [-0.2, -0.15) is 0 Å². The lowest BCUT2D eigenvalue weighted by atomic mass is 10.1. The Morgan fingerprint density at radius 2 is 2.21 bits per heavy atom. The van der Waals surface area contributed by atoms with Crippen molar-refractivity contribution in [3.05, 3.63) is 74.0 Å². The maximum Gasteiger partial charge on any atom is 0.252 e. The topological polar surface area (TPSA) is 88.9 Å². The molecule has 0 saturated carbocycles. The Morgan fingerprint density at radius 1 is 1.29 bits per heavy atom. The van der Waals surface area contributed by atoms with E-state index in [2.05, 4.69) is 62.8 Å². The predicted octanol–water partition coefficient (Wildman–Crippen LogP) is 4.22. The maximum atomic E-state index is 13.0. The summed E-state index contributed by atoms with van der Waals surface area (Å²) in [7, 11) is 0. The average molecular weight is 479 g/mol. The highest BCUT2D eigenvalue weighted by molar-refractivity contribution is 7.09. The zero-order chi connectivity index (χ0) is 23.5. The third kappa shape index (κ3) is 4.96. The Kier molecular flexibility index (Phi) is 6.85. The Balaban J connectivity index is 1.48. The SMILES string of the molecule is CC[C@H](c1nnnn1C[C@H]1CCCO1)N(Cc1cccs1)Cc1cc2cc(C)ccc2[nH]c1=O. The van der Waals surface area contributed by atoms with Crippen LogP contribution in [0.15, 0.2) is 46.6 Å². The second kappa shape index (κ2) is 10.2. The van der Waals surface area contributed by atoms with Gasteiger partial charge in [0.1, 0.15) is 0 Å². The van der Waals surface area contributed by atoms with Crippen molar-refractivity contribution in [2.24, 2.45) is 0 Å². The highest BCUT2D eigenvalue weighted by atomic mass is 32.1. The first-order valence-corrected chi connectivity index (χ1v) is 12.8. The standard InChI is InChI=1S/C25H30N6O2S/c1-3-23(24-27-28-29-31(24)15-20-6-4-10-33-20)30(16-21-7-5-11-34-21)14-19-13-18-12-17(2)8-9-22(18)26-25(19)32/h5,7-9,11-13,20,23H,3-4,6,10,14-16H2,1-2H3,(H,26,32)/t20-,23-/m1/s1. The minimum Gasteiger partial charge on any atom is -0.376 e. The highest BCUT2D eigenvalue weighted by Crippen LogP contribution is 2.28. The summed E-state index contributed by atoms with van der Waals surface area (Å²) < 4.78 is 7.72. The van der Waals surface area contributed by atoms with E-state index < -0.39 is 0 Å². The molecule has 1 N–H and O–H groups in total. The summed E-state index contributed by atoms with van der Waals surface area (Å²) in [6.07, 6.45) is 3.08. The van der Waals surface area contributed by atoms with E-state index in [4.69, 9.17) is 4.74 Å². The molecule has 0 radical (unpaired) electrons. The van der Waals surface area contributed by atoms with Gasteiger partial charge in [0.15, 0.2) is 5.82 Å². The van der Waals surface area contributed by atoms with Crippen molar-refractivity contribution in [3.8, 4) is 0 Å². The number of tetrazole rings is 1. The van der Waals surface area contributed by atoms with Gasteiger partial charge in [0, 0.05) is 35.7 Å². The first-order chi connectivity index (χ1) is 16.6. The van der Waals surface area contributed by atoms with Crippen molar-refractivity contribution in [1.29, 1.82) is 0 Å². The van der Waals surface area contributed by atoms with Crippen LogP contribution in [0.3, 0.4) is 0 Å². The summed E-state index contributed by atoms with van der Waals surface area (Å²) >= 11 is 1.72. The van der Waals surface area contributed by atoms with Gasteiger partial charge in [-0.1, -0.05) is 24.6 Å². The zero-order valence-electron chi connectivity index (χ0n) is 19.6. The molecule has 0 unspecified atom stereocenters. The van der Waals surface area contributed by atoms with Crippen molar-refractivity contribution in [1.82, 2.24) is 30.1 Å². The van der Waals surface area contributed by atoms with Gasteiger partial charge in [0.2, 0.25) is 0 Å². The van der Waals surface area contributed by atoms with Crippen LogP contribution in [0.4, 0.5) is 0 Å². The molecule has 0 aliphatic carbocycles. The molecule has 4 heterocycles. The van der Waals surface area contributed by atoms with Crippen LogP contribution in [0.5, 0.6) is 0 Å². The van der Waals surface area contributed by atoms with Crippen molar-refractivity contribution in [2.45, 2.75) is 64.9 Å². The molecule has 4 aromatic rings. The summed E-state index contributed by atoms with van der Waals surface area (Å²) in [4.78, 5) is 19.6. The minimum absolute atomic E-state index is 0.0360. The zero-order valence-corrected chi connectivity index (χ0v) is 20.4. The number of nitrogens with one attached hydrogen (secondary N) is 1. The largest absolute Gasteiger partial charge is 0.376 e. The fourth-order valence-electron chi connectivity index (χ4n) is 4.75. The van der Waals surface area contributed by atoms with Crippen LogP contribution < -0.4 is 5.56 Å². The molecular formula is C25H30N6O2S. The van der Waals surface area contributed by atoms with Crippen LogP contribution in [0, 0.1) is 6.92 Å². The van der Waals surface area contributed by atoms with E-state index in [1.165, 1.54) is 10.4 Å². The van der Waals surface area contributed by atoms with E-state index in [0.29, 0.717) is 19.6 Å². The van der Waals surface area contributed by atoms with Crippen molar-refractivity contribution in [3.63, 3.8) is 0 Å². The summed E-state index contributed by atoms with van der Waals surface area (Å²) in [5.74, 6) is 0.822. The predicted molar refractivity (Wildman–Crippen MR) is 133 cm³/mol. The number of fused-ring (bicyclic) bond motifs is 1. The summed E-state index contributed by atoms with van der Waals surface area (Å²) in [5, 5.41) is 15.8. The molecule has 1 aliphatic heterocycles. The van der Waals surface area contributed by atoms with Gasteiger partial charge >= 0.3 is 0 Å². The molecule has 1 saturated heterocycles. The number of nitrogens with zero attached hydrogens (tertiary/aromatic N) is 5. The van der Waals surface area contributed by atoms with E-state index in [1.54, 1.807) is 11.3 Å². The molecular weight excluding hydrogens is 448 g/mol. The number of benzene rings is 1. The Morgan fingerprint density at radius 3 is 2.97 bits per heavy atom. The number of hydrogen-bond donors (Lipinski definition) is 1. The number of aromatic amines is 1. The van der Waals surface area contributed by atoms with Crippen LogP contribution >= 0.6 is 11.3 Å². The smallest absolute Gasteiger partial charge is 0.252 e. The molecule has 0 amide bonds. The third-order valence-corrected chi connectivity index (χ3v) is 7.34. The Labute approximate surface area is 202 Å². The van der Waals surface area contributed by atoms with E-state index in [9.17, 15) is 4.79 Å². The quantitative estimate of drug-likeness (QED) is 0.388. The minimum atomic E-state index is -0.0543. The first kappa shape index (κ1) is 22.9. The third-order valence-electron chi connectivity index (χ3n) is 6.47. The molecule has 1 aromatic carbocycles. The monoisotopic (exact) mass is 478 g/mol. The molecule has 34 heavy (non-hydrogen) atoms. The molecule has 8 nitrogen and oxygen atoms in total. The van der Waals surface area contributed by atoms with Gasteiger partial charge < -0.3 is 9.72 Å². The molecule has 9 heteroatoms. The lowest BCUT2D eigenvalue weighted by Crippen LogP contribution is -2.33. The van der Waals surface area contributed by atoms with Crippen LogP contribution in [-0.2, 0) is 24.4 Å². The van der Waals surface area contributed by atoms with Crippen LogP contribution in [-0.4, -0.2) is 42.8 Å². The lowest BCUT2D eigenvalue weighted by Gasteiger charge is -2.30. The maximum absolute atomic E-state index is 13.0. The van der Waals surface area contributed by atoms with E-state index in [-0.39, 0.29) is 17.7 Å². The van der Waals surface area contributed by atoms with E-state index >= 15 is 0 Å².